The van der Waals surface area contributed by atoms with Crippen LogP contribution in [-0.2, 0) is 10.0 Å². The van der Waals surface area contributed by atoms with Crippen LogP contribution in [0.2, 0.25) is 0 Å². The standard InChI is InChI=1S/C15H22ClNO3S/c1-2-3-13-8-10-17(12-13)21(18,19)15-6-4-14(5-7-15)20-11-9-16/h4-7,13H,2-3,8-12H2,1H3. The summed E-state index contributed by atoms with van der Waals surface area (Å²) >= 11 is 5.55. The van der Waals surface area contributed by atoms with Crippen molar-refractivity contribution in [3.8, 4) is 5.75 Å². The first kappa shape index (κ1) is 16.6. The molecule has 1 atom stereocenters. The van der Waals surface area contributed by atoms with Crippen molar-refractivity contribution >= 4 is 21.6 Å². The van der Waals surface area contributed by atoms with Crippen molar-refractivity contribution in [1.29, 1.82) is 0 Å². The number of ether oxygens (including phenoxy) is 1. The van der Waals surface area contributed by atoms with Crippen LogP contribution in [0.3, 0.4) is 0 Å². The van der Waals surface area contributed by atoms with Crippen LogP contribution in [0.5, 0.6) is 5.75 Å². The largest absolute Gasteiger partial charge is 0.492 e. The van der Waals surface area contributed by atoms with Gasteiger partial charge >= 0.3 is 0 Å². The summed E-state index contributed by atoms with van der Waals surface area (Å²) in [5, 5.41) is 0. The van der Waals surface area contributed by atoms with Crippen LogP contribution in [0.1, 0.15) is 26.2 Å². The Labute approximate surface area is 132 Å². The third kappa shape index (κ3) is 4.11. The second-order valence-electron chi connectivity index (χ2n) is 5.32. The molecule has 118 valence electrons. The van der Waals surface area contributed by atoms with E-state index in [0.717, 1.165) is 19.3 Å². The Morgan fingerprint density at radius 3 is 2.67 bits per heavy atom. The summed E-state index contributed by atoms with van der Waals surface area (Å²) in [4.78, 5) is 0.331. The Morgan fingerprint density at radius 1 is 1.33 bits per heavy atom. The molecule has 1 aliphatic heterocycles. The van der Waals surface area contributed by atoms with Crippen molar-refractivity contribution in [1.82, 2.24) is 4.31 Å². The first-order chi connectivity index (χ1) is 10.1. The van der Waals surface area contributed by atoms with E-state index in [2.05, 4.69) is 6.92 Å². The van der Waals surface area contributed by atoms with Crippen molar-refractivity contribution in [2.24, 2.45) is 5.92 Å². The number of hydrogen-bond acceptors (Lipinski definition) is 3. The number of hydrogen-bond donors (Lipinski definition) is 0. The zero-order valence-electron chi connectivity index (χ0n) is 12.3. The summed E-state index contributed by atoms with van der Waals surface area (Å²) in [6, 6.07) is 6.57. The minimum absolute atomic E-state index is 0.331. The fourth-order valence-electron chi connectivity index (χ4n) is 2.67. The minimum Gasteiger partial charge on any atom is -0.492 e. The van der Waals surface area contributed by atoms with Gasteiger partial charge in [0, 0.05) is 13.1 Å². The van der Waals surface area contributed by atoms with Crippen LogP contribution in [0.4, 0.5) is 0 Å². The summed E-state index contributed by atoms with van der Waals surface area (Å²) in [5.41, 5.74) is 0. The second kappa shape index (κ2) is 7.47. The van der Waals surface area contributed by atoms with E-state index in [-0.39, 0.29) is 0 Å². The number of sulfonamides is 1. The summed E-state index contributed by atoms with van der Waals surface area (Å²) < 4.78 is 32.1. The molecule has 0 amide bonds. The second-order valence-corrected chi connectivity index (χ2v) is 7.63. The molecule has 1 saturated heterocycles. The maximum absolute atomic E-state index is 12.6. The van der Waals surface area contributed by atoms with E-state index in [1.165, 1.54) is 0 Å². The fraction of sp³-hybridized carbons (Fsp3) is 0.600. The molecule has 0 aromatic heterocycles. The monoisotopic (exact) mass is 331 g/mol. The molecule has 1 aromatic rings. The number of rotatable bonds is 7. The third-order valence-corrected chi connectivity index (χ3v) is 5.79. The molecule has 0 saturated carbocycles. The molecule has 1 unspecified atom stereocenters. The van der Waals surface area contributed by atoms with Gasteiger partial charge in [0.25, 0.3) is 0 Å². The smallest absolute Gasteiger partial charge is 0.243 e. The summed E-state index contributed by atoms with van der Waals surface area (Å²) in [6.45, 7) is 3.81. The Kier molecular flexibility index (Phi) is 5.90. The van der Waals surface area contributed by atoms with Gasteiger partial charge in [0.1, 0.15) is 12.4 Å². The molecule has 4 nitrogen and oxygen atoms in total. The molecule has 1 fully saturated rings. The van der Waals surface area contributed by atoms with Crippen LogP contribution < -0.4 is 4.74 Å². The van der Waals surface area contributed by atoms with Gasteiger partial charge < -0.3 is 4.74 Å². The maximum atomic E-state index is 12.6. The zero-order chi connectivity index (χ0) is 15.3. The molecule has 0 spiro atoms. The molecule has 0 aliphatic carbocycles. The van der Waals surface area contributed by atoms with Gasteiger partial charge in [-0.15, -0.1) is 11.6 Å². The Hall–Kier alpha value is -0.780. The van der Waals surface area contributed by atoms with Gasteiger partial charge in [-0.1, -0.05) is 13.3 Å². The van der Waals surface area contributed by atoms with Crippen molar-refractivity contribution in [2.75, 3.05) is 25.6 Å². The van der Waals surface area contributed by atoms with E-state index in [4.69, 9.17) is 16.3 Å². The lowest BCUT2D eigenvalue weighted by Crippen LogP contribution is -2.28. The van der Waals surface area contributed by atoms with Crippen molar-refractivity contribution in [2.45, 2.75) is 31.1 Å². The Balaban J connectivity index is 2.06. The maximum Gasteiger partial charge on any atom is 0.243 e. The minimum atomic E-state index is -3.38. The summed E-state index contributed by atoms with van der Waals surface area (Å²) in [6.07, 6.45) is 3.16. The average Bonchev–Trinajstić information content (AvgIpc) is 2.95. The number of alkyl halides is 1. The molecule has 0 bridgehead atoms. The van der Waals surface area contributed by atoms with Gasteiger partial charge in [0.15, 0.2) is 0 Å². The number of nitrogens with zero attached hydrogens (tertiary/aromatic N) is 1. The van der Waals surface area contributed by atoms with Crippen LogP contribution in [-0.4, -0.2) is 38.3 Å². The highest BCUT2D eigenvalue weighted by Crippen LogP contribution is 2.27. The summed E-state index contributed by atoms with van der Waals surface area (Å²) in [7, 11) is -3.38. The lowest BCUT2D eigenvalue weighted by atomic mass is 10.0. The highest BCUT2D eigenvalue weighted by molar-refractivity contribution is 7.89. The van der Waals surface area contributed by atoms with Crippen molar-refractivity contribution in [3.63, 3.8) is 0 Å². The van der Waals surface area contributed by atoms with Crippen LogP contribution in [0, 0.1) is 5.92 Å². The molecule has 1 aromatic carbocycles. The van der Waals surface area contributed by atoms with E-state index in [1.807, 2.05) is 0 Å². The Bertz CT molecular complexity index is 545. The zero-order valence-corrected chi connectivity index (χ0v) is 13.9. The predicted molar refractivity (Wildman–Crippen MR) is 84.4 cm³/mol. The van der Waals surface area contributed by atoms with E-state index in [9.17, 15) is 8.42 Å². The summed E-state index contributed by atoms with van der Waals surface area (Å²) in [5.74, 6) is 1.54. The fourth-order valence-corrected chi connectivity index (χ4v) is 4.28. The van der Waals surface area contributed by atoms with Crippen LogP contribution >= 0.6 is 11.6 Å². The van der Waals surface area contributed by atoms with Crippen LogP contribution in [0.15, 0.2) is 29.2 Å². The normalized spacial score (nSPS) is 19.8. The van der Waals surface area contributed by atoms with E-state index < -0.39 is 10.0 Å². The molecular formula is C15H22ClNO3S. The van der Waals surface area contributed by atoms with Gasteiger partial charge in [0.05, 0.1) is 10.8 Å². The van der Waals surface area contributed by atoms with E-state index in [0.29, 0.717) is 42.1 Å². The highest BCUT2D eigenvalue weighted by atomic mass is 35.5. The molecule has 1 aliphatic rings. The molecule has 21 heavy (non-hydrogen) atoms. The number of halogens is 1. The van der Waals surface area contributed by atoms with E-state index >= 15 is 0 Å². The van der Waals surface area contributed by atoms with Gasteiger partial charge in [-0.2, -0.15) is 4.31 Å². The highest BCUT2D eigenvalue weighted by Gasteiger charge is 2.31. The molecule has 0 N–H and O–H groups in total. The number of benzene rings is 1. The van der Waals surface area contributed by atoms with Gasteiger partial charge in [-0.05, 0) is 43.0 Å². The van der Waals surface area contributed by atoms with Gasteiger partial charge in [-0.25, -0.2) is 8.42 Å². The third-order valence-electron chi connectivity index (χ3n) is 3.75. The lowest BCUT2D eigenvalue weighted by molar-refractivity contribution is 0.342. The first-order valence-corrected chi connectivity index (χ1v) is 9.34. The molecule has 0 radical (unpaired) electrons. The predicted octanol–water partition coefficient (Wildman–Crippen LogP) is 3.11. The Morgan fingerprint density at radius 2 is 2.05 bits per heavy atom. The molecule has 1 heterocycles. The quantitative estimate of drug-likeness (QED) is 0.721. The molecule has 6 heteroatoms. The van der Waals surface area contributed by atoms with Gasteiger partial charge in [-0.3, -0.25) is 0 Å². The molecular weight excluding hydrogens is 310 g/mol. The topological polar surface area (TPSA) is 46.6 Å². The average molecular weight is 332 g/mol. The lowest BCUT2D eigenvalue weighted by Gasteiger charge is -2.17. The van der Waals surface area contributed by atoms with Crippen molar-refractivity contribution < 1.29 is 13.2 Å². The van der Waals surface area contributed by atoms with Crippen molar-refractivity contribution in [3.05, 3.63) is 24.3 Å². The van der Waals surface area contributed by atoms with E-state index in [1.54, 1.807) is 28.6 Å². The first-order valence-electron chi connectivity index (χ1n) is 7.37. The SMILES string of the molecule is CCCC1CCN(S(=O)(=O)c2ccc(OCCCl)cc2)C1. The molecule has 2 rings (SSSR count). The van der Waals surface area contributed by atoms with Crippen LogP contribution in [0.25, 0.3) is 0 Å². The van der Waals surface area contributed by atoms with Gasteiger partial charge in [0.2, 0.25) is 10.0 Å².